The van der Waals surface area contributed by atoms with Crippen molar-refractivity contribution >= 4 is 24.0 Å². The van der Waals surface area contributed by atoms with Gasteiger partial charge in [-0.15, -0.1) is 24.0 Å². The Hall–Kier alpha value is 0.580. The van der Waals surface area contributed by atoms with Crippen LogP contribution in [0, 0.1) is 0 Å². The maximum absolute atomic E-state index is 0. The van der Waals surface area contributed by atoms with Crippen molar-refractivity contribution in [1.29, 1.82) is 0 Å². The summed E-state index contributed by atoms with van der Waals surface area (Å²) in [5, 5.41) is 0. The van der Waals surface area contributed by atoms with Crippen LogP contribution in [0.4, 0.5) is 4.70 Å². The van der Waals surface area contributed by atoms with Gasteiger partial charge in [0.15, 0.2) is 0 Å². The molecule has 0 heterocycles. The minimum Gasteiger partial charge on any atom is -0.344 e. The zero-order valence-corrected chi connectivity index (χ0v) is 4.56. The van der Waals surface area contributed by atoms with Gasteiger partial charge in [0.05, 0.1) is 0 Å². The van der Waals surface area contributed by atoms with Crippen LogP contribution in [0.2, 0.25) is 0 Å². The van der Waals surface area contributed by atoms with Crippen LogP contribution in [-0.2, 0) is 0 Å². The fourth-order valence-electron chi connectivity index (χ4n) is 0. The fraction of sp³-hybridized carbons (Fsp3) is 0. The lowest BCUT2D eigenvalue weighted by Gasteiger charge is -0.345. The Balaban J connectivity index is 0. The number of hydrogen-bond donors (Lipinski definition) is 2. The lowest BCUT2D eigenvalue weighted by atomic mass is 14.0. The molecule has 0 aromatic rings. The van der Waals surface area contributed by atoms with Gasteiger partial charge in [-0.1, -0.05) is 0 Å². The first-order chi connectivity index (χ1) is 0. The average molecular weight is 182 g/mol. The van der Waals surface area contributed by atoms with Gasteiger partial charge in [0.1, 0.15) is 0 Å². The first kappa shape index (κ1) is 174. The molecule has 0 spiro atoms. The first-order valence-electron chi connectivity index (χ1n) is 0. The van der Waals surface area contributed by atoms with Crippen molar-refractivity contribution in [3.63, 3.8) is 0 Å². The molecule has 6 N–H and O–H groups in total. The highest BCUT2D eigenvalue weighted by molar-refractivity contribution is 14.0. The summed E-state index contributed by atoms with van der Waals surface area (Å²) >= 11 is 0. The van der Waals surface area contributed by atoms with E-state index < -0.39 is 0 Å². The molecule has 0 aliphatic rings. The molecular weight excluding hydrogens is 174 g/mol. The third-order valence-electron chi connectivity index (χ3n) is 0. The molecule has 0 atom stereocenters. The van der Waals surface area contributed by atoms with Gasteiger partial charge >= 0.3 is 0 Å². The summed E-state index contributed by atoms with van der Waals surface area (Å²) in [6.45, 7) is 0. The molecule has 0 aromatic carbocycles. The Morgan fingerprint density at radius 3 is 0.750 bits per heavy atom. The summed E-state index contributed by atoms with van der Waals surface area (Å²) in [5.41, 5.74) is 0. The van der Waals surface area contributed by atoms with Crippen LogP contribution in [-0.4, -0.2) is 0 Å². The van der Waals surface area contributed by atoms with Crippen molar-refractivity contribution < 1.29 is 4.70 Å². The van der Waals surface area contributed by atoms with Crippen molar-refractivity contribution in [1.82, 2.24) is 12.3 Å². The summed E-state index contributed by atoms with van der Waals surface area (Å²) in [4.78, 5) is 0. The molecule has 2 nitrogen and oxygen atoms in total. The number of halogens is 2. The van der Waals surface area contributed by atoms with E-state index >= 15 is 0 Å². The molecule has 0 saturated carbocycles. The molecule has 0 aliphatic heterocycles. The first-order valence-corrected chi connectivity index (χ1v) is 0. The third-order valence-corrected chi connectivity index (χ3v) is 0. The van der Waals surface area contributed by atoms with Crippen LogP contribution in [0.3, 0.4) is 0 Å². The molecular formula is H8FIN2. The lowest BCUT2D eigenvalue weighted by Crippen LogP contribution is -0.482. The predicted molar refractivity (Wildman–Crippen MR) is 28.0 cm³/mol. The normalized spacial score (nSPS) is 0. The van der Waals surface area contributed by atoms with Crippen molar-refractivity contribution in [2.75, 3.05) is 0 Å². The molecule has 0 amide bonds. The lowest BCUT2D eigenvalue weighted by molar-refractivity contribution is 1.11. The van der Waals surface area contributed by atoms with Gasteiger partial charge < -0.3 is 12.3 Å². The van der Waals surface area contributed by atoms with E-state index in [0.29, 0.717) is 0 Å². The highest BCUT2D eigenvalue weighted by Crippen LogP contribution is 0.886. The number of hydrogen-bond acceptors (Lipinski definition) is 2. The minimum atomic E-state index is 0. The second kappa shape index (κ2) is 70.8. The molecule has 0 saturated heterocycles. The van der Waals surface area contributed by atoms with E-state index in [-0.39, 0.29) is 41.0 Å². The Morgan fingerprint density at radius 2 is 0.750 bits per heavy atom. The molecule has 0 fully saturated rings. The Kier molecular flexibility index (Phi) is 3090. The standard InChI is InChI=1S/FH.HI.2H3N/h2*1H;2*1H3. The van der Waals surface area contributed by atoms with Crippen molar-refractivity contribution in [3.8, 4) is 0 Å². The topological polar surface area (TPSA) is 70.0 Å². The maximum atomic E-state index is 0. The van der Waals surface area contributed by atoms with Crippen LogP contribution in [0.15, 0.2) is 0 Å². The van der Waals surface area contributed by atoms with E-state index in [9.17, 15) is 0 Å². The molecule has 0 aliphatic carbocycles. The van der Waals surface area contributed by atoms with Crippen LogP contribution >= 0.6 is 24.0 Å². The second-order valence-electron chi connectivity index (χ2n) is 0. The van der Waals surface area contributed by atoms with Crippen LogP contribution in [0.1, 0.15) is 0 Å². The van der Waals surface area contributed by atoms with Gasteiger partial charge in [-0.2, -0.15) is 0 Å². The molecule has 0 unspecified atom stereocenters. The fourth-order valence-corrected chi connectivity index (χ4v) is 0. The average Bonchev–Trinajstić information content (AvgIpc) is 0. The molecule has 0 radical (unpaired) electrons. The Morgan fingerprint density at radius 1 is 0.750 bits per heavy atom. The van der Waals surface area contributed by atoms with Gasteiger partial charge in [-0.05, 0) is 0 Å². The quantitative estimate of drug-likeness (QED) is 0.550. The van der Waals surface area contributed by atoms with E-state index in [1.807, 2.05) is 0 Å². The van der Waals surface area contributed by atoms with Crippen LogP contribution < -0.4 is 12.3 Å². The summed E-state index contributed by atoms with van der Waals surface area (Å²) < 4.78 is 0. The molecule has 4 heteroatoms. The monoisotopic (exact) mass is 182 g/mol. The van der Waals surface area contributed by atoms with Crippen LogP contribution in [0.5, 0.6) is 0 Å². The van der Waals surface area contributed by atoms with E-state index in [2.05, 4.69) is 0 Å². The van der Waals surface area contributed by atoms with Gasteiger partial charge in [0.2, 0.25) is 0 Å². The van der Waals surface area contributed by atoms with E-state index in [1.165, 1.54) is 0 Å². The molecule has 32 valence electrons. The number of rotatable bonds is 0. The van der Waals surface area contributed by atoms with Gasteiger partial charge in [0.25, 0.3) is 0 Å². The second-order valence-corrected chi connectivity index (χ2v) is 0. The largest absolute Gasteiger partial charge is 0.344 e. The minimum absolute atomic E-state index is 0. The molecule has 0 rings (SSSR count). The summed E-state index contributed by atoms with van der Waals surface area (Å²) in [6.07, 6.45) is 0. The smallest absolute Gasteiger partial charge is 0.107 e. The van der Waals surface area contributed by atoms with Gasteiger partial charge in [0, 0.05) is 0 Å². The molecule has 0 aromatic heterocycles. The van der Waals surface area contributed by atoms with Crippen molar-refractivity contribution in [2.24, 2.45) is 0 Å². The Labute approximate surface area is 41.5 Å². The highest BCUT2D eigenvalue weighted by Gasteiger charge is -0.107. The van der Waals surface area contributed by atoms with E-state index in [4.69, 9.17) is 0 Å². The Bertz CT molecular complexity index is 6.00. The van der Waals surface area contributed by atoms with E-state index in [0.717, 1.165) is 0 Å². The SMILES string of the molecule is F.I.N.N. The highest BCUT2D eigenvalue weighted by atomic mass is 127. The predicted octanol–water partition coefficient (Wildman–Crippen LogP) is 1.09. The van der Waals surface area contributed by atoms with E-state index in [1.54, 1.807) is 0 Å². The van der Waals surface area contributed by atoms with Crippen molar-refractivity contribution in [2.45, 2.75) is 0 Å². The van der Waals surface area contributed by atoms with Crippen LogP contribution in [0.25, 0.3) is 0 Å². The van der Waals surface area contributed by atoms with Gasteiger partial charge in [-0.3, -0.25) is 4.70 Å². The maximum Gasteiger partial charge on any atom is -0.107 e. The summed E-state index contributed by atoms with van der Waals surface area (Å²) in [7, 11) is 0. The summed E-state index contributed by atoms with van der Waals surface area (Å²) in [5.74, 6) is 0. The zero-order valence-electron chi connectivity index (χ0n) is 2.23. The summed E-state index contributed by atoms with van der Waals surface area (Å²) in [6, 6.07) is 0. The van der Waals surface area contributed by atoms with Gasteiger partial charge in [-0.25, -0.2) is 0 Å². The van der Waals surface area contributed by atoms with Crippen molar-refractivity contribution in [3.05, 3.63) is 0 Å². The third kappa shape index (κ3) is 19.1. The molecule has 4 heavy (non-hydrogen) atoms. The molecule has 0 bridgehead atoms. The zero-order chi connectivity index (χ0) is 0.